The summed E-state index contributed by atoms with van der Waals surface area (Å²) in [4.78, 5) is 4.74. The van der Waals surface area contributed by atoms with Gasteiger partial charge in [-0.05, 0) is 32.1 Å². The lowest BCUT2D eigenvalue weighted by molar-refractivity contribution is 0.233. The molecule has 0 aliphatic rings. The van der Waals surface area contributed by atoms with E-state index in [0.717, 1.165) is 39.3 Å². The van der Waals surface area contributed by atoms with Crippen molar-refractivity contribution in [1.82, 2.24) is 15.1 Å². The fourth-order valence-electron chi connectivity index (χ4n) is 1.77. The summed E-state index contributed by atoms with van der Waals surface area (Å²) in [7, 11) is 4.25. The monoisotopic (exact) mass is 241 g/mol. The Bertz CT molecular complexity index is 200. The van der Waals surface area contributed by atoms with E-state index < -0.39 is 0 Å². The molecule has 0 aromatic heterocycles. The standard InChI is InChI=1S/C14H31N3/c1-7-15-10-14(4)12-17(11-13(2)3)9-8-16(5)6/h13,15H,4,7-12H2,1-3,5-6H3. The first-order valence-electron chi connectivity index (χ1n) is 6.70. The van der Waals surface area contributed by atoms with Crippen LogP contribution in [0.25, 0.3) is 0 Å². The zero-order chi connectivity index (χ0) is 13.3. The van der Waals surface area contributed by atoms with Crippen LogP contribution in [-0.4, -0.2) is 63.2 Å². The van der Waals surface area contributed by atoms with Crippen LogP contribution in [0, 0.1) is 5.92 Å². The maximum atomic E-state index is 4.15. The van der Waals surface area contributed by atoms with E-state index in [-0.39, 0.29) is 0 Å². The first-order valence-corrected chi connectivity index (χ1v) is 6.70. The molecule has 0 aromatic rings. The van der Waals surface area contributed by atoms with Crippen LogP contribution in [0.5, 0.6) is 0 Å². The summed E-state index contributed by atoms with van der Waals surface area (Å²) in [5.41, 5.74) is 1.28. The van der Waals surface area contributed by atoms with Crippen LogP contribution in [0.3, 0.4) is 0 Å². The van der Waals surface area contributed by atoms with Crippen LogP contribution in [0.1, 0.15) is 20.8 Å². The van der Waals surface area contributed by atoms with Gasteiger partial charge in [-0.25, -0.2) is 0 Å². The van der Waals surface area contributed by atoms with E-state index in [0.29, 0.717) is 5.92 Å². The molecule has 3 heteroatoms. The summed E-state index contributed by atoms with van der Waals surface area (Å²) in [6.07, 6.45) is 0. The summed E-state index contributed by atoms with van der Waals surface area (Å²) < 4.78 is 0. The first kappa shape index (κ1) is 16.6. The molecule has 0 radical (unpaired) electrons. The highest BCUT2D eigenvalue weighted by Gasteiger charge is 2.09. The number of nitrogens with zero attached hydrogens (tertiary/aromatic N) is 2. The topological polar surface area (TPSA) is 18.5 Å². The highest BCUT2D eigenvalue weighted by Crippen LogP contribution is 2.02. The average molecular weight is 241 g/mol. The number of hydrogen-bond donors (Lipinski definition) is 1. The van der Waals surface area contributed by atoms with Crippen molar-refractivity contribution in [1.29, 1.82) is 0 Å². The Morgan fingerprint density at radius 2 is 1.88 bits per heavy atom. The summed E-state index contributed by atoms with van der Waals surface area (Å²) in [6, 6.07) is 0. The fraction of sp³-hybridized carbons (Fsp3) is 0.857. The van der Waals surface area contributed by atoms with E-state index >= 15 is 0 Å². The smallest absolute Gasteiger partial charge is 0.0203 e. The van der Waals surface area contributed by atoms with Crippen molar-refractivity contribution < 1.29 is 0 Å². The molecular weight excluding hydrogens is 210 g/mol. The lowest BCUT2D eigenvalue weighted by Gasteiger charge is -2.26. The van der Waals surface area contributed by atoms with Crippen LogP contribution in [0.4, 0.5) is 0 Å². The molecule has 3 nitrogen and oxygen atoms in total. The SMILES string of the molecule is C=C(CNCC)CN(CCN(C)C)CC(C)C. The zero-order valence-electron chi connectivity index (χ0n) is 12.4. The Labute approximate surface area is 108 Å². The molecule has 1 N–H and O–H groups in total. The minimum atomic E-state index is 0.712. The number of likely N-dealkylation sites (N-methyl/N-ethyl adjacent to an activating group) is 2. The van der Waals surface area contributed by atoms with Crippen molar-refractivity contribution in [2.75, 3.05) is 53.4 Å². The normalized spacial score (nSPS) is 11.8. The molecule has 0 spiro atoms. The lowest BCUT2D eigenvalue weighted by atomic mass is 10.2. The molecule has 0 aliphatic carbocycles. The summed E-state index contributed by atoms with van der Waals surface area (Å²) in [6.45, 7) is 17.2. The Morgan fingerprint density at radius 3 is 2.35 bits per heavy atom. The van der Waals surface area contributed by atoms with Crippen LogP contribution >= 0.6 is 0 Å². The number of nitrogens with one attached hydrogen (secondary N) is 1. The van der Waals surface area contributed by atoms with Crippen LogP contribution < -0.4 is 5.32 Å². The van der Waals surface area contributed by atoms with Crippen molar-refractivity contribution in [3.63, 3.8) is 0 Å². The molecule has 17 heavy (non-hydrogen) atoms. The van der Waals surface area contributed by atoms with Gasteiger partial charge in [-0.15, -0.1) is 0 Å². The maximum Gasteiger partial charge on any atom is 0.0203 e. The highest BCUT2D eigenvalue weighted by molar-refractivity contribution is 4.99. The third kappa shape index (κ3) is 10.5. The molecule has 0 amide bonds. The second-order valence-corrected chi connectivity index (χ2v) is 5.46. The molecule has 102 valence electrons. The fourth-order valence-corrected chi connectivity index (χ4v) is 1.77. The lowest BCUT2D eigenvalue weighted by Crippen LogP contribution is -2.36. The highest BCUT2D eigenvalue weighted by atomic mass is 15.2. The van der Waals surface area contributed by atoms with Gasteiger partial charge < -0.3 is 10.2 Å². The Hall–Kier alpha value is -0.380. The van der Waals surface area contributed by atoms with E-state index in [4.69, 9.17) is 0 Å². The minimum absolute atomic E-state index is 0.712. The van der Waals surface area contributed by atoms with E-state index in [9.17, 15) is 0 Å². The quantitative estimate of drug-likeness (QED) is 0.587. The molecule has 0 aromatic carbocycles. The molecular formula is C14H31N3. The summed E-state index contributed by atoms with van der Waals surface area (Å²) in [5, 5.41) is 3.33. The third-order valence-corrected chi connectivity index (χ3v) is 2.56. The molecule has 0 aliphatic heterocycles. The summed E-state index contributed by atoms with van der Waals surface area (Å²) in [5.74, 6) is 0.712. The Kier molecular flexibility index (Phi) is 9.41. The zero-order valence-corrected chi connectivity index (χ0v) is 12.4. The predicted molar refractivity (Wildman–Crippen MR) is 77.5 cm³/mol. The number of rotatable bonds is 10. The van der Waals surface area contributed by atoms with Gasteiger partial charge in [-0.3, -0.25) is 4.90 Å². The van der Waals surface area contributed by atoms with Crippen molar-refractivity contribution in [3.8, 4) is 0 Å². The molecule has 0 unspecified atom stereocenters. The molecule has 0 bridgehead atoms. The third-order valence-electron chi connectivity index (χ3n) is 2.56. The van der Waals surface area contributed by atoms with Crippen molar-refractivity contribution in [2.45, 2.75) is 20.8 Å². The van der Waals surface area contributed by atoms with E-state index in [2.05, 4.69) is 56.6 Å². The molecule has 0 fully saturated rings. The van der Waals surface area contributed by atoms with E-state index in [1.54, 1.807) is 0 Å². The second-order valence-electron chi connectivity index (χ2n) is 5.46. The van der Waals surface area contributed by atoms with Gasteiger partial charge in [0, 0.05) is 32.7 Å². The van der Waals surface area contributed by atoms with Gasteiger partial charge in [-0.2, -0.15) is 0 Å². The van der Waals surface area contributed by atoms with Crippen LogP contribution in [-0.2, 0) is 0 Å². The van der Waals surface area contributed by atoms with Crippen molar-refractivity contribution >= 4 is 0 Å². The van der Waals surface area contributed by atoms with Gasteiger partial charge >= 0.3 is 0 Å². The molecule has 0 saturated heterocycles. The minimum Gasteiger partial charge on any atom is -0.313 e. The van der Waals surface area contributed by atoms with Gasteiger partial charge in [0.25, 0.3) is 0 Å². The average Bonchev–Trinajstić information content (AvgIpc) is 2.22. The molecule has 0 saturated carbocycles. The van der Waals surface area contributed by atoms with Crippen LogP contribution in [0.15, 0.2) is 12.2 Å². The summed E-state index contributed by atoms with van der Waals surface area (Å²) >= 11 is 0. The van der Waals surface area contributed by atoms with Crippen LogP contribution in [0.2, 0.25) is 0 Å². The van der Waals surface area contributed by atoms with Crippen molar-refractivity contribution in [3.05, 3.63) is 12.2 Å². The van der Waals surface area contributed by atoms with Crippen molar-refractivity contribution in [2.24, 2.45) is 5.92 Å². The molecule has 0 atom stereocenters. The van der Waals surface area contributed by atoms with Gasteiger partial charge in [0.15, 0.2) is 0 Å². The second kappa shape index (κ2) is 9.63. The van der Waals surface area contributed by atoms with Gasteiger partial charge in [0.2, 0.25) is 0 Å². The van der Waals surface area contributed by atoms with Gasteiger partial charge in [0.1, 0.15) is 0 Å². The van der Waals surface area contributed by atoms with E-state index in [1.807, 2.05) is 0 Å². The molecule has 0 heterocycles. The number of hydrogen-bond acceptors (Lipinski definition) is 3. The maximum absolute atomic E-state index is 4.15. The van der Waals surface area contributed by atoms with E-state index in [1.165, 1.54) is 5.57 Å². The largest absolute Gasteiger partial charge is 0.313 e. The Morgan fingerprint density at radius 1 is 1.24 bits per heavy atom. The molecule has 0 rings (SSSR count). The van der Waals surface area contributed by atoms with Gasteiger partial charge in [-0.1, -0.05) is 27.4 Å². The first-order chi connectivity index (χ1) is 7.95. The van der Waals surface area contributed by atoms with Gasteiger partial charge in [0.05, 0.1) is 0 Å². The predicted octanol–water partition coefficient (Wildman–Crippen LogP) is 1.67. The Balaban J connectivity index is 4.03.